The molecule has 2 atom stereocenters. The van der Waals surface area contributed by atoms with E-state index in [1.807, 2.05) is 0 Å². The van der Waals surface area contributed by atoms with Crippen LogP contribution in [-0.2, 0) is 9.59 Å². The minimum Gasteiger partial charge on any atom is -0.481 e. The van der Waals surface area contributed by atoms with Crippen molar-refractivity contribution in [3.8, 4) is 0 Å². The van der Waals surface area contributed by atoms with Crippen molar-refractivity contribution >= 4 is 11.9 Å². The zero-order valence-corrected chi connectivity index (χ0v) is 9.77. The number of rotatable bonds is 8. The van der Waals surface area contributed by atoms with Crippen LogP contribution >= 0.6 is 0 Å². The van der Waals surface area contributed by atoms with E-state index in [-0.39, 0.29) is 38.0 Å². The molecule has 0 saturated carbocycles. The molecule has 0 amide bonds. The fraction of sp³-hybridized carbons (Fsp3) is 0.778. The van der Waals surface area contributed by atoms with Crippen LogP contribution in [0.2, 0.25) is 0 Å². The first-order chi connectivity index (χ1) is 6.99. The van der Waals surface area contributed by atoms with E-state index in [9.17, 15) is 14.0 Å². The summed E-state index contributed by atoms with van der Waals surface area (Å²) in [5.74, 6) is -2.88. The van der Waals surface area contributed by atoms with Gasteiger partial charge in [-0.15, -0.1) is 0 Å². The third kappa shape index (κ3) is 9.67. The second-order valence-corrected chi connectivity index (χ2v) is 3.39. The number of hydrogen-bond acceptors (Lipinski definition) is 5. The average molecular weight is 255 g/mol. The lowest BCUT2D eigenvalue weighted by Gasteiger charge is -2.12. The Bertz CT molecular complexity index is 228. The molecule has 104 valence electrons. The summed E-state index contributed by atoms with van der Waals surface area (Å²) in [4.78, 5) is 21.0. The van der Waals surface area contributed by atoms with E-state index in [2.05, 4.69) is 0 Å². The Kier molecular flexibility index (Phi) is 13.9. The molecule has 7 nitrogen and oxygen atoms in total. The van der Waals surface area contributed by atoms with E-state index < -0.39 is 30.6 Å². The van der Waals surface area contributed by atoms with Gasteiger partial charge in [0.1, 0.15) is 6.04 Å². The lowest BCUT2D eigenvalue weighted by atomic mass is 9.96. The van der Waals surface area contributed by atoms with E-state index in [0.717, 1.165) is 0 Å². The highest BCUT2D eigenvalue weighted by molar-refractivity contribution is 5.73. The summed E-state index contributed by atoms with van der Waals surface area (Å²) in [6.45, 7) is -0.561. The highest BCUT2D eigenvalue weighted by atomic mass is 19.1. The van der Waals surface area contributed by atoms with Crippen molar-refractivity contribution in [1.29, 1.82) is 0 Å². The normalized spacial score (nSPS) is 12.8. The first-order valence-corrected chi connectivity index (χ1v) is 4.76. The van der Waals surface area contributed by atoms with Gasteiger partial charge in [0.05, 0.1) is 12.6 Å². The SMILES string of the molecule is N.N.N[C@@H](CCC(CCCF)C(=O)O)C(=O)O. The third-order valence-corrected chi connectivity index (χ3v) is 2.18. The predicted molar refractivity (Wildman–Crippen MR) is 61.2 cm³/mol. The standard InChI is InChI=1S/C9H16FNO4.2H3N/c10-5-1-2-6(8(12)13)3-4-7(11)9(14)15;;/h6-7H,1-5,11H2,(H,12,13)(H,14,15);2*1H3/t6?,7-;;/m0../s1. The molecular weight excluding hydrogens is 233 g/mol. The zero-order valence-electron chi connectivity index (χ0n) is 9.77. The summed E-state index contributed by atoms with van der Waals surface area (Å²) in [5, 5.41) is 17.2. The Labute approximate surface area is 99.3 Å². The molecule has 0 aliphatic rings. The molecule has 0 fully saturated rings. The van der Waals surface area contributed by atoms with Crippen LogP contribution in [0.15, 0.2) is 0 Å². The molecule has 1 unspecified atom stereocenters. The van der Waals surface area contributed by atoms with Gasteiger partial charge >= 0.3 is 11.9 Å². The molecule has 0 heterocycles. The fourth-order valence-electron chi connectivity index (χ4n) is 1.22. The van der Waals surface area contributed by atoms with Gasteiger partial charge in [0.2, 0.25) is 0 Å². The van der Waals surface area contributed by atoms with Gasteiger partial charge in [-0.1, -0.05) is 0 Å². The van der Waals surface area contributed by atoms with Crippen LogP contribution in [0.3, 0.4) is 0 Å². The van der Waals surface area contributed by atoms with Crippen LogP contribution in [0.25, 0.3) is 0 Å². The molecule has 8 heteroatoms. The largest absolute Gasteiger partial charge is 0.481 e. The quantitative estimate of drug-likeness (QED) is 0.429. The fourth-order valence-corrected chi connectivity index (χ4v) is 1.22. The molecule has 17 heavy (non-hydrogen) atoms. The van der Waals surface area contributed by atoms with Gasteiger partial charge < -0.3 is 28.2 Å². The summed E-state index contributed by atoms with van der Waals surface area (Å²) in [5.41, 5.74) is 5.23. The minimum absolute atomic E-state index is 0. The van der Waals surface area contributed by atoms with Gasteiger partial charge in [-0.3, -0.25) is 14.0 Å². The van der Waals surface area contributed by atoms with Crippen molar-refractivity contribution in [2.24, 2.45) is 11.7 Å². The molecular formula is C9H22FN3O4. The van der Waals surface area contributed by atoms with Crippen molar-refractivity contribution in [3.05, 3.63) is 0 Å². The van der Waals surface area contributed by atoms with Crippen LogP contribution < -0.4 is 18.0 Å². The highest BCUT2D eigenvalue weighted by Crippen LogP contribution is 2.15. The van der Waals surface area contributed by atoms with Crippen LogP contribution in [0, 0.1) is 5.92 Å². The molecule has 0 saturated heterocycles. The van der Waals surface area contributed by atoms with Gasteiger partial charge in [-0.25, -0.2) is 0 Å². The molecule has 0 aliphatic heterocycles. The lowest BCUT2D eigenvalue weighted by Crippen LogP contribution is -2.31. The molecule has 0 aromatic carbocycles. The zero-order chi connectivity index (χ0) is 11.8. The topological polar surface area (TPSA) is 171 Å². The second kappa shape index (κ2) is 11.2. The average Bonchev–Trinajstić information content (AvgIpc) is 2.16. The van der Waals surface area contributed by atoms with Gasteiger partial charge in [0.25, 0.3) is 0 Å². The van der Waals surface area contributed by atoms with Crippen LogP contribution in [0.1, 0.15) is 25.7 Å². The van der Waals surface area contributed by atoms with Gasteiger partial charge in [-0.2, -0.15) is 0 Å². The number of nitrogens with two attached hydrogens (primary N) is 1. The molecule has 0 rings (SSSR count). The number of alkyl halides is 1. The predicted octanol–water partition coefficient (Wildman–Crippen LogP) is 0.953. The Morgan fingerprint density at radius 1 is 1.06 bits per heavy atom. The van der Waals surface area contributed by atoms with Crippen LogP contribution in [-0.4, -0.2) is 34.9 Å². The highest BCUT2D eigenvalue weighted by Gasteiger charge is 2.20. The summed E-state index contributed by atoms with van der Waals surface area (Å²) >= 11 is 0. The van der Waals surface area contributed by atoms with E-state index in [1.54, 1.807) is 0 Å². The number of hydrogen-bond donors (Lipinski definition) is 5. The summed E-state index contributed by atoms with van der Waals surface area (Å²) in [6.07, 6.45) is 0.666. The molecule has 0 bridgehead atoms. The van der Waals surface area contributed by atoms with E-state index in [4.69, 9.17) is 15.9 Å². The van der Waals surface area contributed by atoms with Crippen molar-refractivity contribution in [3.63, 3.8) is 0 Å². The Balaban J connectivity index is -0.000000980. The lowest BCUT2D eigenvalue weighted by molar-refractivity contribution is -0.143. The molecule has 0 aliphatic carbocycles. The minimum atomic E-state index is -1.15. The number of aliphatic carboxylic acids is 2. The molecule has 0 spiro atoms. The maximum atomic E-state index is 11.8. The third-order valence-electron chi connectivity index (χ3n) is 2.18. The Morgan fingerprint density at radius 3 is 1.94 bits per heavy atom. The van der Waals surface area contributed by atoms with Crippen molar-refractivity contribution in [1.82, 2.24) is 12.3 Å². The Hall–Kier alpha value is -1.25. The van der Waals surface area contributed by atoms with Crippen molar-refractivity contribution in [2.75, 3.05) is 6.67 Å². The summed E-state index contributed by atoms with van der Waals surface area (Å²) in [7, 11) is 0. The number of carbonyl (C=O) groups is 2. The van der Waals surface area contributed by atoms with Crippen LogP contribution in [0.4, 0.5) is 4.39 Å². The van der Waals surface area contributed by atoms with Crippen LogP contribution in [0.5, 0.6) is 0 Å². The maximum absolute atomic E-state index is 11.8. The molecule has 0 aromatic rings. The van der Waals surface area contributed by atoms with E-state index in [0.29, 0.717) is 0 Å². The number of carboxylic acid groups (broad SMARTS) is 2. The maximum Gasteiger partial charge on any atom is 0.320 e. The van der Waals surface area contributed by atoms with Crippen molar-refractivity contribution in [2.45, 2.75) is 31.7 Å². The van der Waals surface area contributed by atoms with Gasteiger partial charge in [0.15, 0.2) is 0 Å². The Morgan fingerprint density at radius 2 is 1.59 bits per heavy atom. The first kappa shape index (κ1) is 21.1. The molecule has 0 radical (unpaired) electrons. The smallest absolute Gasteiger partial charge is 0.320 e. The van der Waals surface area contributed by atoms with Gasteiger partial charge in [0, 0.05) is 0 Å². The summed E-state index contributed by atoms with van der Waals surface area (Å²) < 4.78 is 11.8. The van der Waals surface area contributed by atoms with E-state index in [1.165, 1.54) is 0 Å². The molecule has 10 N–H and O–H groups in total. The first-order valence-electron chi connectivity index (χ1n) is 4.76. The van der Waals surface area contributed by atoms with E-state index >= 15 is 0 Å². The summed E-state index contributed by atoms with van der Waals surface area (Å²) in [6, 6.07) is -1.04. The number of carboxylic acids is 2. The monoisotopic (exact) mass is 255 g/mol. The number of halogens is 1. The molecule has 0 aromatic heterocycles. The van der Waals surface area contributed by atoms with Crippen molar-refractivity contribution < 1.29 is 24.2 Å². The second-order valence-electron chi connectivity index (χ2n) is 3.39. The van der Waals surface area contributed by atoms with Gasteiger partial charge in [-0.05, 0) is 25.7 Å².